The molecule has 0 unspecified atom stereocenters. The summed E-state index contributed by atoms with van der Waals surface area (Å²) in [7, 11) is 0. The van der Waals surface area contributed by atoms with Crippen LogP contribution in [0.1, 0.15) is 30.4 Å². The van der Waals surface area contributed by atoms with Gasteiger partial charge in [-0.1, -0.05) is 24.3 Å². The van der Waals surface area contributed by atoms with Gasteiger partial charge in [-0.05, 0) is 30.4 Å². The van der Waals surface area contributed by atoms with Crippen molar-refractivity contribution in [1.82, 2.24) is 10.4 Å². The van der Waals surface area contributed by atoms with Crippen LogP contribution in [0.3, 0.4) is 0 Å². The second-order valence-corrected chi connectivity index (χ2v) is 5.53. The first-order valence-corrected chi connectivity index (χ1v) is 6.65. The minimum Gasteiger partial charge on any atom is -0.383 e. The molecule has 1 fully saturated rings. The molecule has 108 valence electrons. The van der Waals surface area contributed by atoms with Gasteiger partial charge in [0.25, 0.3) is 0 Å². The average Bonchev–Trinajstić information content (AvgIpc) is 2.77. The van der Waals surface area contributed by atoms with Gasteiger partial charge in [0.1, 0.15) is 5.60 Å². The summed E-state index contributed by atoms with van der Waals surface area (Å²) in [6.07, 6.45) is 0.454. The third-order valence-corrected chi connectivity index (χ3v) is 4.15. The van der Waals surface area contributed by atoms with Crippen molar-refractivity contribution in [2.45, 2.75) is 43.9 Å². The SMILES string of the molecule is O=C(NN1Cc2ccccc2C1)C(F)(F)C1(O)CCC1. The van der Waals surface area contributed by atoms with Gasteiger partial charge in [-0.3, -0.25) is 10.2 Å². The lowest BCUT2D eigenvalue weighted by Gasteiger charge is -2.41. The minimum atomic E-state index is -3.75. The molecule has 1 aromatic carbocycles. The fourth-order valence-corrected chi connectivity index (χ4v) is 2.66. The van der Waals surface area contributed by atoms with Crippen molar-refractivity contribution >= 4 is 5.91 Å². The van der Waals surface area contributed by atoms with Gasteiger partial charge in [0, 0.05) is 13.1 Å². The molecule has 2 aliphatic rings. The Morgan fingerprint density at radius 1 is 1.25 bits per heavy atom. The van der Waals surface area contributed by atoms with Crippen molar-refractivity contribution in [3.8, 4) is 0 Å². The number of nitrogens with zero attached hydrogens (tertiary/aromatic N) is 1. The van der Waals surface area contributed by atoms with E-state index in [0.29, 0.717) is 19.5 Å². The Hall–Kier alpha value is -1.53. The molecule has 0 atom stereocenters. The van der Waals surface area contributed by atoms with E-state index < -0.39 is 17.4 Å². The zero-order valence-electron chi connectivity index (χ0n) is 10.9. The standard InChI is InChI=1S/C14H16F2N2O2/c15-14(16,13(20)6-3-7-13)12(19)17-18-8-10-4-1-2-5-11(10)9-18/h1-2,4-5,20H,3,6-9H2,(H,17,19). The fraction of sp³-hybridized carbons (Fsp3) is 0.500. The molecule has 0 saturated heterocycles. The van der Waals surface area contributed by atoms with Gasteiger partial charge in [0.2, 0.25) is 0 Å². The number of alkyl halides is 2. The van der Waals surface area contributed by atoms with Gasteiger partial charge < -0.3 is 5.11 Å². The number of benzene rings is 1. The van der Waals surface area contributed by atoms with E-state index >= 15 is 0 Å². The first-order chi connectivity index (χ1) is 9.42. The van der Waals surface area contributed by atoms with Gasteiger partial charge in [-0.2, -0.15) is 8.78 Å². The summed E-state index contributed by atoms with van der Waals surface area (Å²) >= 11 is 0. The molecule has 1 amide bonds. The molecule has 0 aromatic heterocycles. The molecule has 3 rings (SSSR count). The molecule has 1 aliphatic heterocycles. The monoisotopic (exact) mass is 282 g/mol. The van der Waals surface area contributed by atoms with Gasteiger partial charge in [-0.25, -0.2) is 5.01 Å². The number of rotatable bonds is 3. The predicted octanol–water partition coefficient (Wildman–Crippen LogP) is 1.58. The molecule has 0 spiro atoms. The van der Waals surface area contributed by atoms with E-state index in [1.54, 1.807) is 0 Å². The summed E-state index contributed by atoms with van der Waals surface area (Å²) in [4.78, 5) is 11.7. The van der Waals surface area contributed by atoms with E-state index in [9.17, 15) is 18.7 Å². The second-order valence-electron chi connectivity index (χ2n) is 5.53. The number of hydrazine groups is 1. The molecular weight excluding hydrogens is 266 g/mol. The molecule has 1 heterocycles. The molecule has 0 radical (unpaired) electrons. The van der Waals surface area contributed by atoms with E-state index in [-0.39, 0.29) is 12.8 Å². The number of nitrogens with one attached hydrogen (secondary N) is 1. The fourth-order valence-electron chi connectivity index (χ4n) is 2.66. The highest BCUT2D eigenvalue weighted by Crippen LogP contribution is 2.44. The molecule has 2 N–H and O–H groups in total. The van der Waals surface area contributed by atoms with Crippen LogP contribution in [0.5, 0.6) is 0 Å². The Morgan fingerprint density at radius 3 is 2.25 bits per heavy atom. The van der Waals surface area contributed by atoms with E-state index in [1.807, 2.05) is 24.3 Å². The zero-order chi connectivity index (χ0) is 14.4. The minimum absolute atomic E-state index is 0.0341. The Labute approximate surface area is 115 Å². The molecule has 20 heavy (non-hydrogen) atoms. The summed E-state index contributed by atoms with van der Waals surface area (Å²) in [5.74, 6) is -5.17. The number of halogens is 2. The van der Waals surface area contributed by atoms with Crippen molar-refractivity contribution in [3.05, 3.63) is 35.4 Å². The van der Waals surface area contributed by atoms with Crippen LogP contribution < -0.4 is 5.43 Å². The van der Waals surface area contributed by atoms with Crippen LogP contribution in [-0.4, -0.2) is 27.5 Å². The maximum absolute atomic E-state index is 13.9. The van der Waals surface area contributed by atoms with Crippen LogP contribution >= 0.6 is 0 Å². The lowest BCUT2D eigenvalue weighted by Crippen LogP contribution is -2.62. The third kappa shape index (κ3) is 1.99. The van der Waals surface area contributed by atoms with E-state index in [2.05, 4.69) is 5.43 Å². The predicted molar refractivity (Wildman–Crippen MR) is 67.6 cm³/mol. The first-order valence-electron chi connectivity index (χ1n) is 6.65. The number of hydrogen-bond acceptors (Lipinski definition) is 3. The Bertz CT molecular complexity index is 519. The summed E-state index contributed by atoms with van der Waals surface area (Å²) in [5.41, 5.74) is 2.07. The van der Waals surface area contributed by atoms with Crippen molar-refractivity contribution in [1.29, 1.82) is 0 Å². The molecule has 4 nitrogen and oxygen atoms in total. The van der Waals surface area contributed by atoms with Crippen molar-refractivity contribution in [3.63, 3.8) is 0 Å². The van der Waals surface area contributed by atoms with Gasteiger partial charge in [0.15, 0.2) is 0 Å². The number of carbonyl (C=O) groups excluding carboxylic acids is 1. The highest BCUT2D eigenvalue weighted by molar-refractivity contribution is 5.84. The number of fused-ring (bicyclic) bond motifs is 1. The Morgan fingerprint density at radius 2 is 1.80 bits per heavy atom. The molecule has 6 heteroatoms. The zero-order valence-corrected chi connectivity index (χ0v) is 10.9. The smallest absolute Gasteiger partial charge is 0.353 e. The van der Waals surface area contributed by atoms with Gasteiger partial charge >= 0.3 is 11.8 Å². The third-order valence-electron chi connectivity index (χ3n) is 4.15. The van der Waals surface area contributed by atoms with Crippen LogP contribution in [0.4, 0.5) is 8.78 Å². The number of carbonyl (C=O) groups is 1. The maximum atomic E-state index is 13.9. The van der Waals surface area contributed by atoms with E-state index in [1.165, 1.54) is 5.01 Å². The highest BCUT2D eigenvalue weighted by atomic mass is 19.3. The molecule has 1 aromatic rings. The summed E-state index contributed by atoms with van der Waals surface area (Å²) in [5, 5.41) is 11.2. The highest BCUT2D eigenvalue weighted by Gasteiger charge is 2.61. The van der Waals surface area contributed by atoms with Crippen LogP contribution in [0.15, 0.2) is 24.3 Å². The Balaban J connectivity index is 1.66. The van der Waals surface area contributed by atoms with E-state index in [0.717, 1.165) is 11.1 Å². The summed E-state index contributed by atoms with van der Waals surface area (Å²) in [6, 6.07) is 7.55. The quantitative estimate of drug-likeness (QED) is 0.885. The normalized spacial score (nSPS) is 21.1. The van der Waals surface area contributed by atoms with Crippen molar-refractivity contribution < 1.29 is 18.7 Å². The topological polar surface area (TPSA) is 52.6 Å². The summed E-state index contributed by atoms with van der Waals surface area (Å²) < 4.78 is 27.9. The van der Waals surface area contributed by atoms with Gasteiger partial charge in [-0.15, -0.1) is 0 Å². The first kappa shape index (κ1) is 13.5. The second kappa shape index (κ2) is 4.49. The van der Waals surface area contributed by atoms with Crippen LogP contribution in [0.25, 0.3) is 0 Å². The molecule has 1 saturated carbocycles. The average molecular weight is 282 g/mol. The maximum Gasteiger partial charge on any atom is 0.353 e. The molecule has 0 bridgehead atoms. The van der Waals surface area contributed by atoms with Crippen LogP contribution in [0, 0.1) is 0 Å². The Kier molecular flexibility index (Phi) is 3.02. The van der Waals surface area contributed by atoms with Crippen molar-refractivity contribution in [2.24, 2.45) is 0 Å². The lowest BCUT2D eigenvalue weighted by molar-refractivity contribution is -0.219. The van der Waals surface area contributed by atoms with Gasteiger partial charge in [0.05, 0.1) is 0 Å². The molecule has 1 aliphatic carbocycles. The van der Waals surface area contributed by atoms with Crippen LogP contribution in [0.2, 0.25) is 0 Å². The summed E-state index contributed by atoms with van der Waals surface area (Å²) in [6.45, 7) is 0.798. The number of aliphatic hydroxyl groups is 1. The van der Waals surface area contributed by atoms with Crippen molar-refractivity contribution in [2.75, 3.05) is 0 Å². The van der Waals surface area contributed by atoms with E-state index in [4.69, 9.17) is 0 Å². The largest absolute Gasteiger partial charge is 0.383 e. The molecular formula is C14H16F2N2O2. The lowest BCUT2D eigenvalue weighted by atomic mass is 9.75. The van der Waals surface area contributed by atoms with Crippen LogP contribution in [-0.2, 0) is 17.9 Å². The number of amides is 1. The number of hydrogen-bond donors (Lipinski definition) is 2.